The fourth-order valence-electron chi connectivity index (χ4n) is 1.36. The number of carbonyl (C=O) groups excluding carboxylic acids is 4. The first-order chi connectivity index (χ1) is 10.7. The van der Waals surface area contributed by atoms with Crippen LogP contribution in [-0.4, -0.2) is 36.0 Å². The quantitative estimate of drug-likeness (QED) is 0.465. The zero-order valence-corrected chi connectivity index (χ0v) is 14.2. The SMILES string of the molecule is CCC(=O)OC(C)C(OC(=O)CC)(OC(=O)CC)OC(=O)CC. The van der Waals surface area contributed by atoms with E-state index in [1.54, 1.807) is 6.92 Å². The van der Waals surface area contributed by atoms with Crippen LogP contribution in [0.4, 0.5) is 0 Å². The first kappa shape index (κ1) is 20.9. The van der Waals surface area contributed by atoms with Crippen LogP contribution < -0.4 is 0 Å². The van der Waals surface area contributed by atoms with E-state index in [4.69, 9.17) is 18.9 Å². The second-order valence-electron chi connectivity index (χ2n) is 4.57. The molecule has 0 aliphatic carbocycles. The molecule has 0 saturated carbocycles. The van der Waals surface area contributed by atoms with Crippen LogP contribution in [0.5, 0.6) is 0 Å². The summed E-state index contributed by atoms with van der Waals surface area (Å²) in [6.45, 7) is 7.41. The van der Waals surface area contributed by atoms with Gasteiger partial charge in [0.05, 0.1) is 0 Å². The molecule has 0 aliphatic rings. The van der Waals surface area contributed by atoms with Gasteiger partial charge in [-0.2, -0.15) is 0 Å². The van der Waals surface area contributed by atoms with Crippen LogP contribution in [0.3, 0.4) is 0 Å². The highest BCUT2D eigenvalue weighted by Crippen LogP contribution is 2.26. The van der Waals surface area contributed by atoms with Gasteiger partial charge in [-0.05, 0) is 6.92 Å². The van der Waals surface area contributed by atoms with Gasteiger partial charge in [-0.25, -0.2) is 0 Å². The number of carbonyl (C=O) groups is 4. The largest absolute Gasteiger partial charge is 0.462 e. The van der Waals surface area contributed by atoms with Crippen molar-refractivity contribution in [2.45, 2.75) is 72.4 Å². The molecule has 0 N–H and O–H groups in total. The van der Waals surface area contributed by atoms with Crippen molar-refractivity contribution in [2.75, 3.05) is 0 Å². The number of hydrogen-bond donors (Lipinski definition) is 0. The number of ether oxygens (including phenoxy) is 4. The zero-order chi connectivity index (χ0) is 18.0. The molecule has 132 valence electrons. The summed E-state index contributed by atoms with van der Waals surface area (Å²) in [5.74, 6) is -5.40. The minimum Gasteiger partial charge on any atom is -0.450 e. The predicted octanol–water partition coefficient (Wildman–Crippen LogP) is 1.84. The third kappa shape index (κ3) is 6.66. The Bertz CT molecular complexity index is 397. The molecule has 0 fully saturated rings. The van der Waals surface area contributed by atoms with E-state index in [1.165, 1.54) is 27.7 Å². The number of esters is 4. The van der Waals surface area contributed by atoms with Crippen molar-refractivity contribution < 1.29 is 38.1 Å². The molecule has 1 unspecified atom stereocenters. The van der Waals surface area contributed by atoms with Crippen LogP contribution in [-0.2, 0) is 38.1 Å². The Balaban J connectivity index is 5.67. The van der Waals surface area contributed by atoms with Crippen LogP contribution >= 0.6 is 0 Å². The molecule has 0 radical (unpaired) electrons. The van der Waals surface area contributed by atoms with E-state index in [0.717, 1.165) is 0 Å². The maximum atomic E-state index is 11.7. The van der Waals surface area contributed by atoms with Crippen molar-refractivity contribution in [3.63, 3.8) is 0 Å². The van der Waals surface area contributed by atoms with Gasteiger partial charge < -0.3 is 18.9 Å². The van der Waals surface area contributed by atoms with E-state index in [1.807, 2.05) is 0 Å². The second kappa shape index (κ2) is 9.81. The zero-order valence-electron chi connectivity index (χ0n) is 14.2. The third-order valence-electron chi connectivity index (χ3n) is 2.73. The summed E-state index contributed by atoms with van der Waals surface area (Å²) in [7, 11) is 0. The van der Waals surface area contributed by atoms with Crippen molar-refractivity contribution in [3.8, 4) is 0 Å². The highest BCUT2D eigenvalue weighted by molar-refractivity contribution is 5.74. The van der Waals surface area contributed by atoms with Crippen molar-refractivity contribution in [1.82, 2.24) is 0 Å². The molecular formula is C15H24O8. The molecule has 0 spiro atoms. The van der Waals surface area contributed by atoms with Gasteiger partial charge in [0.2, 0.25) is 6.10 Å². The Morgan fingerprint density at radius 2 is 1.00 bits per heavy atom. The van der Waals surface area contributed by atoms with Crippen LogP contribution in [0.2, 0.25) is 0 Å². The van der Waals surface area contributed by atoms with Crippen LogP contribution in [0, 0.1) is 0 Å². The Morgan fingerprint density at radius 1 is 0.696 bits per heavy atom. The Hall–Kier alpha value is -2.12. The van der Waals surface area contributed by atoms with E-state index < -0.39 is 36.0 Å². The molecule has 0 aromatic carbocycles. The monoisotopic (exact) mass is 332 g/mol. The van der Waals surface area contributed by atoms with Gasteiger partial charge in [-0.3, -0.25) is 19.2 Å². The van der Waals surface area contributed by atoms with Gasteiger partial charge in [0, 0.05) is 25.7 Å². The maximum absolute atomic E-state index is 11.7. The molecule has 0 saturated heterocycles. The van der Waals surface area contributed by atoms with E-state index in [0.29, 0.717) is 0 Å². The summed E-state index contributed by atoms with van der Waals surface area (Å²) in [6, 6.07) is 0. The lowest BCUT2D eigenvalue weighted by molar-refractivity contribution is -0.361. The van der Waals surface area contributed by atoms with E-state index in [9.17, 15) is 19.2 Å². The topological polar surface area (TPSA) is 105 Å². The van der Waals surface area contributed by atoms with Crippen molar-refractivity contribution in [1.29, 1.82) is 0 Å². The minimum atomic E-state index is -2.43. The number of rotatable bonds is 9. The summed E-state index contributed by atoms with van der Waals surface area (Å²) in [4.78, 5) is 46.5. The Labute approximate surface area is 135 Å². The molecule has 0 aromatic heterocycles. The Kier molecular flexibility index (Phi) is 8.90. The molecular weight excluding hydrogens is 308 g/mol. The first-order valence-corrected chi connectivity index (χ1v) is 7.59. The molecule has 8 heteroatoms. The number of hydrogen-bond acceptors (Lipinski definition) is 8. The molecule has 1 atom stereocenters. The van der Waals surface area contributed by atoms with Crippen LogP contribution in [0.25, 0.3) is 0 Å². The molecule has 0 bridgehead atoms. The van der Waals surface area contributed by atoms with E-state index >= 15 is 0 Å². The summed E-state index contributed by atoms with van der Waals surface area (Å²) in [6.07, 6.45) is -1.43. The normalized spacial score (nSPS) is 12.0. The lowest BCUT2D eigenvalue weighted by Gasteiger charge is -2.34. The van der Waals surface area contributed by atoms with Gasteiger partial charge >= 0.3 is 29.9 Å². The van der Waals surface area contributed by atoms with Crippen LogP contribution in [0.15, 0.2) is 0 Å². The molecule has 0 aromatic rings. The van der Waals surface area contributed by atoms with Crippen molar-refractivity contribution in [2.24, 2.45) is 0 Å². The molecule has 0 aliphatic heterocycles. The molecule has 8 nitrogen and oxygen atoms in total. The fraction of sp³-hybridized carbons (Fsp3) is 0.733. The van der Waals surface area contributed by atoms with Crippen molar-refractivity contribution >= 4 is 23.9 Å². The summed E-state index contributed by atoms with van der Waals surface area (Å²) in [5.41, 5.74) is 0. The molecule has 0 heterocycles. The van der Waals surface area contributed by atoms with Gasteiger partial charge in [-0.1, -0.05) is 27.7 Å². The van der Waals surface area contributed by atoms with Gasteiger partial charge in [0.25, 0.3) is 0 Å². The predicted molar refractivity (Wildman–Crippen MR) is 77.7 cm³/mol. The average Bonchev–Trinajstić information content (AvgIpc) is 2.53. The van der Waals surface area contributed by atoms with Gasteiger partial charge in [-0.15, -0.1) is 0 Å². The molecule has 0 amide bonds. The Morgan fingerprint density at radius 3 is 1.26 bits per heavy atom. The summed E-state index contributed by atoms with van der Waals surface area (Å²) >= 11 is 0. The molecule has 23 heavy (non-hydrogen) atoms. The highest BCUT2D eigenvalue weighted by Gasteiger charge is 2.51. The lowest BCUT2D eigenvalue weighted by Crippen LogP contribution is -2.53. The van der Waals surface area contributed by atoms with Gasteiger partial charge in [0.1, 0.15) is 0 Å². The van der Waals surface area contributed by atoms with Crippen LogP contribution in [0.1, 0.15) is 60.3 Å². The van der Waals surface area contributed by atoms with E-state index in [2.05, 4.69) is 0 Å². The summed E-state index contributed by atoms with van der Waals surface area (Å²) < 4.78 is 20.1. The standard InChI is InChI=1S/C15H24O8/c1-6-11(16)20-10(5)15(21-12(17)7-2,22-13(18)8-3)23-14(19)9-4/h10H,6-9H2,1-5H3. The minimum absolute atomic E-state index is 0.0472. The highest BCUT2D eigenvalue weighted by atomic mass is 16.9. The maximum Gasteiger partial charge on any atom is 0.462 e. The fourth-order valence-corrected chi connectivity index (χ4v) is 1.36. The molecule has 0 rings (SSSR count). The average molecular weight is 332 g/mol. The summed E-state index contributed by atoms with van der Waals surface area (Å²) in [5, 5.41) is 0. The van der Waals surface area contributed by atoms with E-state index in [-0.39, 0.29) is 25.7 Å². The second-order valence-corrected chi connectivity index (χ2v) is 4.57. The first-order valence-electron chi connectivity index (χ1n) is 7.59. The van der Waals surface area contributed by atoms with Gasteiger partial charge in [0.15, 0.2) is 0 Å². The van der Waals surface area contributed by atoms with Crippen molar-refractivity contribution in [3.05, 3.63) is 0 Å². The smallest absolute Gasteiger partial charge is 0.450 e. The lowest BCUT2D eigenvalue weighted by atomic mass is 10.3. The third-order valence-corrected chi connectivity index (χ3v) is 2.73.